The van der Waals surface area contributed by atoms with Crippen LogP contribution in [0.4, 0.5) is 5.69 Å². The standard InChI is InChI=1S/C17H21NO2/c1-4-20-17-11-14(8-9-16(17)19-3)12-18-15-7-5-6-13(2)10-15/h5-11,18H,4,12H2,1-3H3. The van der Waals surface area contributed by atoms with E-state index in [2.05, 4.69) is 36.5 Å². The van der Waals surface area contributed by atoms with Gasteiger partial charge >= 0.3 is 0 Å². The van der Waals surface area contributed by atoms with Gasteiger partial charge in [-0.1, -0.05) is 18.2 Å². The molecular weight excluding hydrogens is 250 g/mol. The monoisotopic (exact) mass is 271 g/mol. The van der Waals surface area contributed by atoms with Crippen molar-refractivity contribution in [1.29, 1.82) is 0 Å². The number of aryl methyl sites for hydroxylation is 1. The highest BCUT2D eigenvalue weighted by molar-refractivity contribution is 5.48. The summed E-state index contributed by atoms with van der Waals surface area (Å²) < 4.78 is 10.9. The van der Waals surface area contributed by atoms with Crippen molar-refractivity contribution in [2.75, 3.05) is 19.0 Å². The summed E-state index contributed by atoms with van der Waals surface area (Å²) in [5.74, 6) is 1.56. The first kappa shape index (κ1) is 14.3. The number of ether oxygens (including phenoxy) is 2. The molecule has 2 rings (SSSR count). The number of hydrogen-bond donors (Lipinski definition) is 1. The lowest BCUT2D eigenvalue weighted by atomic mass is 10.2. The van der Waals surface area contributed by atoms with Crippen LogP contribution in [0.1, 0.15) is 18.1 Å². The van der Waals surface area contributed by atoms with Crippen molar-refractivity contribution >= 4 is 5.69 Å². The Morgan fingerprint density at radius 3 is 2.60 bits per heavy atom. The quantitative estimate of drug-likeness (QED) is 0.861. The average Bonchev–Trinajstić information content (AvgIpc) is 2.46. The maximum absolute atomic E-state index is 5.59. The predicted molar refractivity (Wildman–Crippen MR) is 82.7 cm³/mol. The van der Waals surface area contributed by atoms with Gasteiger partial charge in [0.2, 0.25) is 0 Å². The third kappa shape index (κ3) is 3.67. The highest BCUT2D eigenvalue weighted by Crippen LogP contribution is 2.28. The minimum Gasteiger partial charge on any atom is -0.493 e. The van der Waals surface area contributed by atoms with Crippen LogP contribution in [0.3, 0.4) is 0 Å². The van der Waals surface area contributed by atoms with E-state index in [1.165, 1.54) is 5.56 Å². The van der Waals surface area contributed by atoms with Gasteiger partial charge in [0.25, 0.3) is 0 Å². The third-order valence-electron chi connectivity index (χ3n) is 3.04. The molecule has 0 unspecified atom stereocenters. The average molecular weight is 271 g/mol. The summed E-state index contributed by atoms with van der Waals surface area (Å²) in [5.41, 5.74) is 3.54. The van der Waals surface area contributed by atoms with Gasteiger partial charge in [-0.25, -0.2) is 0 Å². The second kappa shape index (κ2) is 6.85. The zero-order valence-electron chi connectivity index (χ0n) is 12.3. The Kier molecular flexibility index (Phi) is 4.88. The van der Waals surface area contributed by atoms with E-state index in [0.717, 1.165) is 29.3 Å². The van der Waals surface area contributed by atoms with Gasteiger partial charge in [-0.15, -0.1) is 0 Å². The second-order valence-electron chi connectivity index (χ2n) is 4.64. The van der Waals surface area contributed by atoms with Crippen molar-refractivity contribution in [2.24, 2.45) is 0 Å². The summed E-state index contributed by atoms with van der Waals surface area (Å²) in [6, 6.07) is 14.4. The van der Waals surface area contributed by atoms with Crippen molar-refractivity contribution in [3.05, 3.63) is 53.6 Å². The van der Waals surface area contributed by atoms with Crippen LogP contribution in [0.15, 0.2) is 42.5 Å². The van der Waals surface area contributed by atoms with Crippen LogP contribution < -0.4 is 14.8 Å². The second-order valence-corrected chi connectivity index (χ2v) is 4.64. The van der Waals surface area contributed by atoms with Crippen molar-refractivity contribution in [3.8, 4) is 11.5 Å². The molecule has 0 fully saturated rings. The fraction of sp³-hybridized carbons (Fsp3) is 0.294. The number of anilines is 1. The maximum atomic E-state index is 5.59. The van der Waals surface area contributed by atoms with Gasteiger partial charge in [0, 0.05) is 12.2 Å². The summed E-state index contributed by atoms with van der Waals surface area (Å²) in [5, 5.41) is 3.41. The molecule has 0 aliphatic carbocycles. The fourth-order valence-corrected chi connectivity index (χ4v) is 2.06. The van der Waals surface area contributed by atoms with Crippen molar-refractivity contribution in [2.45, 2.75) is 20.4 Å². The predicted octanol–water partition coefficient (Wildman–Crippen LogP) is 4.01. The summed E-state index contributed by atoms with van der Waals surface area (Å²) in [7, 11) is 1.66. The van der Waals surface area contributed by atoms with Crippen molar-refractivity contribution in [3.63, 3.8) is 0 Å². The van der Waals surface area contributed by atoms with Gasteiger partial charge < -0.3 is 14.8 Å². The largest absolute Gasteiger partial charge is 0.493 e. The zero-order valence-corrected chi connectivity index (χ0v) is 12.3. The zero-order chi connectivity index (χ0) is 14.4. The fourth-order valence-electron chi connectivity index (χ4n) is 2.06. The minimum atomic E-state index is 0.630. The lowest BCUT2D eigenvalue weighted by molar-refractivity contribution is 0.310. The molecule has 0 amide bonds. The summed E-state index contributed by atoms with van der Waals surface area (Å²) in [4.78, 5) is 0. The topological polar surface area (TPSA) is 30.5 Å². The molecule has 2 aromatic rings. The van der Waals surface area contributed by atoms with E-state index in [1.807, 2.05) is 25.1 Å². The SMILES string of the molecule is CCOc1cc(CNc2cccc(C)c2)ccc1OC. The Labute approximate surface area is 120 Å². The van der Waals surface area contributed by atoms with Gasteiger partial charge in [0.15, 0.2) is 11.5 Å². The van der Waals surface area contributed by atoms with E-state index in [-0.39, 0.29) is 0 Å². The molecule has 3 heteroatoms. The van der Waals surface area contributed by atoms with E-state index in [9.17, 15) is 0 Å². The Balaban J connectivity index is 2.07. The normalized spacial score (nSPS) is 10.2. The van der Waals surface area contributed by atoms with Crippen LogP contribution in [-0.2, 0) is 6.54 Å². The van der Waals surface area contributed by atoms with Crippen LogP contribution >= 0.6 is 0 Å². The summed E-state index contributed by atoms with van der Waals surface area (Å²) >= 11 is 0. The van der Waals surface area contributed by atoms with Gasteiger partial charge in [-0.3, -0.25) is 0 Å². The molecule has 3 nitrogen and oxygen atoms in total. The van der Waals surface area contributed by atoms with Crippen molar-refractivity contribution in [1.82, 2.24) is 0 Å². The molecule has 1 N–H and O–H groups in total. The molecule has 0 saturated heterocycles. The molecule has 2 aromatic carbocycles. The van der Waals surface area contributed by atoms with Crippen LogP contribution in [-0.4, -0.2) is 13.7 Å². The highest BCUT2D eigenvalue weighted by atomic mass is 16.5. The Morgan fingerprint density at radius 2 is 1.90 bits per heavy atom. The van der Waals surface area contributed by atoms with Crippen LogP contribution in [0.2, 0.25) is 0 Å². The van der Waals surface area contributed by atoms with Gasteiger partial charge in [0.05, 0.1) is 13.7 Å². The molecule has 0 aliphatic rings. The number of nitrogens with one attached hydrogen (secondary N) is 1. The van der Waals surface area contributed by atoms with Gasteiger partial charge in [0.1, 0.15) is 0 Å². The lowest BCUT2D eigenvalue weighted by Gasteiger charge is -2.12. The highest BCUT2D eigenvalue weighted by Gasteiger charge is 2.05. The van der Waals surface area contributed by atoms with Crippen molar-refractivity contribution < 1.29 is 9.47 Å². The summed E-state index contributed by atoms with van der Waals surface area (Å²) in [6.45, 7) is 5.45. The molecular formula is C17H21NO2. The van der Waals surface area contributed by atoms with E-state index in [4.69, 9.17) is 9.47 Å². The third-order valence-corrected chi connectivity index (χ3v) is 3.04. The number of methoxy groups -OCH3 is 1. The van der Waals surface area contributed by atoms with E-state index in [1.54, 1.807) is 7.11 Å². The lowest BCUT2D eigenvalue weighted by Crippen LogP contribution is -2.01. The number of hydrogen-bond acceptors (Lipinski definition) is 3. The molecule has 0 spiro atoms. The molecule has 0 radical (unpaired) electrons. The molecule has 106 valence electrons. The molecule has 0 bridgehead atoms. The van der Waals surface area contributed by atoms with E-state index < -0.39 is 0 Å². The first-order valence-electron chi connectivity index (χ1n) is 6.83. The number of rotatable bonds is 6. The summed E-state index contributed by atoms with van der Waals surface area (Å²) in [6.07, 6.45) is 0. The Bertz CT molecular complexity index is 567. The molecule has 0 heterocycles. The Hall–Kier alpha value is -2.16. The van der Waals surface area contributed by atoms with Gasteiger partial charge in [-0.2, -0.15) is 0 Å². The Morgan fingerprint density at radius 1 is 1.05 bits per heavy atom. The smallest absolute Gasteiger partial charge is 0.161 e. The van der Waals surface area contributed by atoms with E-state index in [0.29, 0.717) is 6.61 Å². The maximum Gasteiger partial charge on any atom is 0.161 e. The van der Waals surface area contributed by atoms with E-state index >= 15 is 0 Å². The van der Waals surface area contributed by atoms with Gasteiger partial charge in [-0.05, 0) is 49.2 Å². The molecule has 0 saturated carbocycles. The molecule has 0 aliphatic heterocycles. The van der Waals surface area contributed by atoms with Crippen LogP contribution in [0.25, 0.3) is 0 Å². The number of benzene rings is 2. The molecule has 0 atom stereocenters. The van der Waals surface area contributed by atoms with Crippen LogP contribution in [0.5, 0.6) is 11.5 Å². The minimum absolute atomic E-state index is 0.630. The van der Waals surface area contributed by atoms with Crippen LogP contribution in [0, 0.1) is 6.92 Å². The first-order chi connectivity index (χ1) is 9.72. The first-order valence-corrected chi connectivity index (χ1v) is 6.83. The molecule has 0 aromatic heterocycles. The molecule has 20 heavy (non-hydrogen) atoms.